The molecule has 1 aromatic heterocycles. The van der Waals surface area contributed by atoms with Crippen molar-refractivity contribution >= 4 is 12.1 Å². The summed E-state index contributed by atoms with van der Waals surface area (Å²) in [4.78, 5) is 26.2. The maximum Gasteiger partial charge on any atom is 0.410 e. The monoisotopic (exact) mass is 494 g/mol. The van der Waals surface area contributed by atoms with Crippen LogP contribution in [0.1, 0.15) is 41.3 Å². The number of cyclic esters (lactones) is 1. The SMILES string of the molecule is Cc1noc(-c2ccccc2-c2ccc(C3(C(=O)O)CC3)cc2)c1CN1C(=O)OC[C@@H]1c1ccccc1. The molecule has 0 spiro atoms. The van der Waals surface area contributed by atoms with Gasteiger partial charge in [-0.25, -0.2) is 4.79 Å². The second kappa shape index (κ2) is 8.92. The van der Waals surface area contributed by atoms with Crippen molar-refractivity contribution < 1.29 is 24.0 Å². The summed E-state index contributed by atoms with van der Waals surface area (Å²) in [5, 5.41) is 13.9. The predicted molar refractivity (Wildman–Crippen MR) is 137 cm³/mol. The number of rotatable bonds is 7. The Morgan fingerprint density at radius 2 is 1.68 bits per heavy atom. The first-order chi connectivity index (χ1) is 18.0. The fourth-order valence-electron chi connectivity index (χ4n) is 5.19. The van der Waals surface area contributed by atoms with Crippen LogP contribution < -0.4 is 0 Å². The average molecular weight is 495 g/mol. The molecule has 7 heteroatoms. The van der Waals surface area contributed by atoms with Crippen molar-refractivity contribution in [3.05, 3.63) is 101 Å². The van der Waals surface area contributed by atoms with Gasteiger partial charge in [0.05, 0.1) is 23.7 Å². The van der Waals surface area contributed by atoms with Gasteiger partial charge in [0, 0.05) is 11.1 Å². The lowest BCUT2D eigenvalue weighted by Gasteiger charge is -2.22. The number of hydrogen-bond acceptors (Lipinski definition) is 5. The Labute approximate surface area is 214 Å². The van der Waals surface area contributed by atoms with Crippen molar-refractivity contribution in [1.29, 1.82) is 0 Å². The van der Waals surface area contributed by atoms with Gasteiger partial charge in [0.15, 0.2) is 5.76 Å². The van der Waals surface area contributed by atoms with E-state index in [2.05, 4.69) is 5.16 Å². The highest BCUT2D eigenvalue weighted by atomic mass is 16.6. The van der Waals surface area contributed by atoms with Gasteiger partial charge < -0.3 is 14.4 Å². The number of benzene rings is 3. The largest absolute Gasteiger partial charge is 0.481 e. The highest BCUT2D eigenvalue weighted by Gasteiger charge is 2.51. The van der Waals surface area contributed by atoms with E-state index in [1.54, 1.807) is 4.90 Å². The summed E-state index contributed by atoms with van der Waals surface area (Å²) in [6.45, 7) is 2.47. The molecule has 0 unspecified atom stereocenters. The first kappa shape index (κ1) is 23.0. The summed E-state index contributed by atoms with van der Waals surface area (Å²) in [6, 6.07) is 25.3. The fourth-order valence-corrected chi connectivity index (χ4v) is 5.19. The minimum absolute atomic E-state index is 0.192. The molecular formula is C30H26N2O5. The van der Waals surface area contributed by atoms with Crippen molar-refractivity contribution in [2.24, 2.45) is 0 Å². The smallest absolute Gasteiger partial charge is 0.410 e. The third-order valence-corrected chi connectivity index (χ3v) is 7.55. The minimum atomic E-state index is -0.767. The van der Waals surface area contributed by atoms with E-state index >= 15 is 0 Å². The zero-order chi connectivity index (χ0) is 25.6. The maximum absolute atomic E-state index is 12.7. The number of ether oxygens (including phenoxy) is 1. The van der Waals surface area contributed by atoms with Gasteiger partial charge in [0.1, 0.15) is 6.61 Å². The number of carbonyl (C=O) groups is 2. The molecule has 1 saturated carbocycles. The number of aliphatic carboxylic acids is 1. The molecule has 1 N–H and O–H groups in total. The molecule has 1 atom stereocenters. The average Bonchev–Trinajstić information content (AvgIpc) is 3.57. The zero-order valence-corrected chi connectivity index (χ0v) is 20.4. The molecule has 186 valence electrons. The molecular weight excluding hydrogens is 468 g/mol. The van der Waals surface area contributed by atoms with Crippen molar-refractivity contribution in [3.8, 4) is 22.5 Å². The third-order valence-electron chi connectivity index (χ3n) is 7.55. The Bertz CT molecular complexity index is 1470. The summed E-state index contributed by atoms with van der Waals surface area (Å²) in [6.07, 6.45) is 0.973. The van der Waals surface area contributed by atoms with Crippen molar-refractivity contribution in [1.82, 2.24) is 10.1 Å². The predicted octanol–water partition coefficient (Wildman–Crippen LogP) is 6.13. The van der Waals surface area contributed by atoms with Gasteiger partial charge in [-0.05, 0) is 42.0 Å². The van der Waals surface area contributed by atoms with E-state index in [9.17, 15) is 14.7 Å². The molecule has 1 aliphatic heterocycles. The molecule has 37 heavy (non-hydrogen) atoms. The number of amides is 1. The van der Waals surface area contributed by atoms with Crippen LogP contribution in [0.3, 0.4) is 0 Å². The van der Waals surface area contributed by atoms with Gasteiger partial charge in [-0.1, -0.05) is 84.0 Å². The molecule has 6 rings (SSSR count). The topological polar surface area (TPSA) is 92.9 Å². The standard InChI is InChI=1S/C30H26N2O5/c1-19-25(17-32-26(18-36-29(32)35)21-7-3-2-4-8-21)27(37-31-19)24-10-6-5-9-23(24)20-11-13-22(14-12-20)30(15-16-30)28(33)34/h2-14,26H,15-18H2,1H3,(H,33,34)/t26-/m1/s1. The van der Waals surface area contributed by atoms with Gasteiger partial charge in [-0.2, -0.15) is 0 Å². The summed E-state index contributed by atoms with van der Waals surface area (Å²) in [7, 11) is 0. The Morgan fingerprint density at radius 3 is 2.35 bits per heavy atom. The van der Waals surface area contributed by atoms with Crippen LogP contribution in [0.25, 0.3) is 22.5 Å². The highest BCUT2D eigenvalue weighted by molar-refractivity contribution is 5.86. The van der Waals surface area contributed by atoms with Crippen molar-refractivity contribution in [2.45, 2.75) is 37.8 Å². The number of hydrogen-bond donors (Lipinski definition) is 1. The second-order valence-corrected chi connectivity index (χ2v) is 9.72. The number of carboxylic acids is 1. The molecule has 7 nitrogen and oxygen atoms in total. The van der Waals surface area contributed by atoms with Crippen LogP contribution in [-0.2, 0) is 21.5 Å². The molecule has 1 amide bonds. The van der Waals surface area contributed by atoms with E-state index in [-0.39, 0.29) is 12.1 Å². The third kappa shape index (κ3) is 3.96. The number of aromatic nitrogens is 1. The molecule has 1 aliphatic carbocycles. The van der Waals surface area contributed by atoms with E-state index in [1.165, 1.54) is 0 Å². The fraction of sp³-hybridized carbons (Fsp3) is 0.233. The van der Waals surface area contributed by atoms with Crippen molar-refractivity contribution in [2.75, 3.05) is 6.61 Å². The Hall–Kier alpha value is -4.39. The van der Waals surface area contributed by atoms with Crippen LogP contribution in [0.4, 0.5) is 4.79 Å². The van der Waals surface area contributed by atoms with E-state index in [0.717, 1.165) is 33.4 Å². The first-order valence-electron chi connectivity index (χ1n) is 12.3. The molecule has 2 heterocycles. The molecule has 2 fully saturated rings. The molecule has 2 aliphatic rings. The second-order valence-electron chi connectivity index (χ2n) is 9.72. The Morgan fingerprint density at radius 1 is 1.00 bits per heavy atom. The Kier molecular flexibility index (Phi) is 5.56. The first-order valence-corrected chi connectivity index (χ1v) is 12.3. The summed E-state index contributed by atoms with van der Waals surface area (Å²) in [5.41, 5.74) is 5.38. The lowest BCUT2D eigenvalue weighted by molar-refractivity contribution is -0.140. The zero-order valence-electron chi connectivity index (χ0n) is 20.4. The molecule has 0 bridgehead atoms. The van der Waals surface area contributed by atoms with E-state index < -0.39 is 11.4 Å². The Balaban J connectivity index is 1.35. The van der Waals surface area contributed by atoms with Gasteiger partial charge in [-0.15, -0.1) is 0 Å². The van der Waals surface area contributed by atoms with Crippen LogP contribution in [0.2, 0.25) is 0 Å². The van der Waals surface area contributed by atoms with Gasteiger partial charge in [0.25, 0.3) is 0 Å². The number of carbonyl (C=O) groups excluding carboxylic acids is 1. The summed E-state index contributed by atoms with van der Waals surface area (Å²) in [5.74, 6) is -0.162. The van der Waals surface area contributed by atoms with E-state index in [0.29, 0.717) is 37.4 Å². The lowest BCUT2D eigenvalue weighted by atomic mass is 9.91. The molecule has 1 saturated heterocycles. The van der Waals surface area contributed by atoms with Gasteiger partial charge in [-0.3, -0.25) is 9.69 Å². The molecule has 0 radical (unpaired) electrons. The molecule has 3 aromatic carbocycles. The van der Waals surface area contributed by atoms with Gasteiger partial charge >= 0.3 is 12.1 Å². The highest BCUT2D eigenvalue weighted by Crippen LogP contribution is 2.49. The summed E-state index contributed by atoms with van der Waals surface area (Å²) >= 11 is 0. The van der Waals surface area contributed by atoms with E-state index in [1.807, 2.05) is 85.8 Å². The minimum Gasteiger partial charge on any atom is -0.481 e. The molecule has 4 aromatic rings. The van der Waals surface area contributed by atoms with Crippen LogP contribution in [0.15, 0.2) is 83.4 Å². The van der Waals surface area contributed by atoms with E-state index in [4.69, 9.17) is 9.26 Å². The van der Waals surface area contributed by atoms with Crippen LogP contribution in [0, 0.1) is 6.92 Å². The van der Waals surface area contributed by atoms with Crippen LogP contribution in [0.5, 0.6) is 0 Å². The van der Waals surface area contributed by atoms with Crippen LogP contribution in [-0.4, -0.2) is 33.8 Å². The quantitative estimate of drug-likeness (QED) is 0.332. The maximum atomic E-state index is 12.7. The summed E-state index contributed by atoms with van der Waals surface area (Å²) < 4.78 is 11.3. The number of aryl methyl sites for hydroxylation is 1. The lowest BCUT2D eigenvalue weighted by Crippen LogP contribution is -2.27. The van der Waals surface area contributed by atoms with Crippen LogP contribution >= 0.6 is 0 Å². The van der Waals surface area contributed by atoms with Gasteiger partial charge in [0.2, 0.25) is 0 Å². The number of carboxylic acid groups (broad SMARTS) is 1. The number of nitrogens with zero attached hydrogens (tertiary/aromatic N) is 2. The normalized spacial score (nSPS) is 18.0. The van der Waals surface area contributed by atoms with Crippen molar-refractivity contribution in [3.63, 3.8) is 0 Å².